The van der Waals surface area contributed by atoms with Gasteiger partial charge in [-0.25, -0.2) is 0 Å². The summed E-state index contributed by atoms with van der Waals surface area (Å²) in [4.78, 5) is 0. The van der Waals surface area contributed by atoms with Crippen LogP contribution in [0.3, 0.4) is 0 Å². The second-order valence-electron chi connectivity index (χ2n) is 4.74. The third-order valence-corrected chi connectivity index (χ3v) is 3.29. The first kappa shape index (κ1) is 14.1. The molecule has 2 aromatic rings. The van der Waals surface area contributed by atoms with E-state index in [1.807, 2.05) is 54.6 Å². The van der Waals surface area contributed by atoms with E-state index in [-0.39, 0.29) is 6.61 Å². The maximum atomic E-state index is 9.34. The molecule has 0 amide bonds. The molecule has 1 unspecified atom stereocenters. The summed E-state index contributed by atoms with van der Waals surface area (Å²) >= 11 is 0. The molecule has 0 aliphatic carbocycles. The Morgan fingerprint density at radius 3 is 2.30 bits per heavy atom. The average molecular weight is 266 g/mol. The van der Waals surface area contributed by atoms with Gasteiger partial charge >= 0.3 is 0 Å². The maximum absolute atomic E-state index is 9.34. The van der Waals surface area contributed by atoms with Crippen molar-refractivity contribution in [3.63, 3.8) is 0 Å². The lowest BCUT2D eigenvalue weighted by Crippen LogP contribution is -2.41. The van der Waals surface area contributed by atoms with Gasteiger partial charge in [0.1, 0.15) is 12.4 Å². The van der Waals surface area contributed by atoms with Crippen molar-refractivity contribution in [1.29, 1.82) is 5.26 Å². The number of hydrogen-bond donors (Lipinski definition) is 1. The van der Waals surface area contributed by atoms with Gasteiger partial charge in [-0.2, -0.15) is 5.26 Å². The van der Waals surface area contributed by atoms with Crippen LogP contribution in [0.5, 0.6) is 5.75 Å². The Morgan fingerprint density at radius 2 is 1.75 bits per heavy atom. The van der Waals surface area contributed by atoms with Crippen LogP contribution < -0.4 is 10.5 Å². The van der Waals surface area contributed by atoms with Crippen LogP contribution in [0.4, 0.5) is 0 Å². The molecular formula is C17H18N2O. The Hall–Kier alpha value is -2.31. The van der Waals surface area contributed by atoms with E-state index in [4.69, 9.17) is 10.5 Å². The van der Waals surface area contributed by atoms with Crippen LogP contribution in [-0.2, 0) is 12.0 Å². The first-order valence-electron chi connectivity index (χ1n) is 6.65. The molecule has 0 aliphatic heterocycles. The molecule has 0 aliphatic rings. The Bertz CT molecular complexity index is 587. The topological polar surface area (TPSA) is 59.0 Å². The fourth-order valence-corrected chi connectivity index (χ4v) is 1.93. The summed E-state index contributed by atoms with van der Waals surface area (Å²) in [6.45, 7) is 2.23. The number of nitrogens with two attached hydrogens (primary N) is 1. The lowest BCUT2D eigenvalue weighted by molar-refractivity contribution is 0.255. The summed E-state index contributed by atoms with van der Waals surface area (Å²) in [6, 6.07) is 19.3. The fourth-order valence-electron chi connectivity index (χ4n) is 1.93. The van der Waals surface area contributed by atoms with Crippen LogP contribution in [0.25, 0.3) is 0 Å². The van der Waals surface area contributed by atoms with E-state index in [9.17, 15) is 5.26 Å². The van der Waals surface area contributed by atoms with Gasteiger partial charge in [-0.05, 0) is 29.7 Å². The molecule has 2 rings (SSSR count). The molecule has 2 N–H and O–H groups in total. The van der Waals surface area contributed by atoms with Crippen molar-refractivity contribution in [2.75, 3.05) is 6.61 Å². The summed E-state index contributed by atoms with van der Waals surface area (Å²) in [6.07, 6.45) is 0.989. The van der Waals surface area contributed by atoms with Gasteiger partial charge in [0.2, 0.25) is 0 Å². The number of nitriles is 1. The van der Waals surface area contributed by atoms with Gasteiger partial charge in [-0.1, -0.05) is 49.4 Å². The number of hydrogen-bond acceptors (Lipinski definition) is 3. The van der Waals surface area contributed by atoms with Crippen molar-refractivity contribution in [3.8, 4) is 11.8 Å². The van der Waals surface area contributed by atoms with Crippen LogP contribution in [0.2, 0.25) is 0 Å². The van der Waals surface area contributed by atoms with Gasteiger partial charge in [-0.3, -0.25) is 0 Å². The minimum atomic E-state index is -1.13. The second kappa shape index (κ2) is 6.23. The number of nitrogens with zero attached hydrogens (tertiary/aromatic N) is 1. The number of benzene rings is 2. The molecule has 3 nitrogen and oxygen atoms in total. The van der Waals surface area contributed by atoms with Crippen LogP contribution in [0, 0.1) is 11.3 Å². The molecule has 0 saturated heterocycles. The Balaban J connectivity index is 2.09. The third kappa shape index (κ3) is 3.17. The smallest absolute Gasteiger partial charge is 0.164 e. The highest BCUT2D eigenvalue weighted by atomic mass is 16.5. The lowest BCUT2D eigenvalue weighted by atomic mass is 9.94. The van der Waals surface area contributed by atoms with Gasteiger partial charge in [0.15, 0.2) is 5.54 Å². The number of aryl methyl sites for hydroxylation is 1. The van der Waals surface area contributed by atoms with Gasteiger partial charge in [0, 0.05) is 0 Å². The average Bonchev–Trinajstić information content (AvgIpc) is 2.54. The van der Waals surface area contributed by atoms with E-state index in [1.165, 1.54) is 5.56 Å². The molecule has 0 spiro atoms. The molecule has 0 fully saturated rings. The Morgan fingerprint density at radius 1 is 1.10 bits per heavy atom. The standard InChI is InChI=1S/C17H18N2O/c1-2-14-8-10-16(11-9-14)20-13-17(19,12-18)15-6-4-3-5-7-15/h3-11H,2,13,19H2,1H3. The minimum Gasteiger partial charge on any atom is -0.490 e. The molecule has 3 heteroatoms. The molecule has 0 aromatic heterocycles. The molecular weight excluding hydrogens is 248 g/mol. The van der Waals surface area contributed by atoms with Crippen molar-refractivity contribution in [3.05, 3.63) is 65.7 Å². The fraction of sp³-hybridized carbons (Fsp3) is 0.235. The molecule has 0 radical (unpaired) electrons. The molecule has 20 heavy (non-hydrogen) atoms. The van der Waals surface area contributed by atoms with Gasteiger partial charge in [0.25, 0.3) is 0 Å². The normalized spacial score (nSPS) is 13.2. The monoisotopic (exact) mass is 266 g/mol. The van der Waals surface area contributed by atoms with Crippen molar-refractivity contribution in [2.24, 2.45) is 5.73 Å². The first-order chi connectivity index (χ1) is 9.68. The van der Waals surface area contributed by atoms with Gasteiger partial charge in [-0.15, -0.1) is 0 Å². The van der Waals surface area contributed by atoms with E-state index >= 15 is 0 Å². The lowest BCUT2D eigenvalue weighted by Gasteiger charge is -2.22. The van der Waals surface area contributed by atoms with Crippen molar-refractivity contribution < 1.29 is 4.74 Å². The summed E-state index contributed by atoms with van der Waals surface area (Å²) < 4.78 is 5.67. The van der Waals surface area contributed by atoms with E-state index < -0.39 is 5.54 Å². The molecule has 0 heterocycles. The highest BCUT2D eigenvalue weighted by Gasteiger charge is 2.28. The summed E-state index contributed by atoms with van der Waals surface area (Å²) in [5, 5.41) is 9.34. The number of rotatable bonds is 5. The summed E-state index contributed by atoms with van der Waals surface area (Å²) in [7, 11) is 0. The van der Waals surface area contributed by atoms with Crippen LogP contribution in [0.15, 0.2) is 54.6 Å². The molecule has 1 atom stereocenters. The zero-order valence-corrected chi connectivity index (χ0v) is 11.5. The zero-order chi connectivity index (χ0) is 14.4. The zero-order valence-electron chi connectivity index (χ0n) is 11.5. The van der Waals surface area contributed by atoms with Crippen LogP contribution >= 0.6 is 0 Å². The third-order valence-electron chi connectivity index (χ3n) is 3.29. The molecule has 2 aromatic carbocycles. The SMILES string of the molecule is CCc1ccc(OCC(N)(C#N)c2ccccc2)cc1. The quantitative estimate of drug-likeness (QED) is 0.905. The van der Waals surface area contributed by atoms with Crippen molar-refractivity contribution in [2.45, 2.75) is 18.9 Å². The van der Waals surface area contributed by atoms with Crippen molar-refractivity contribution >= 4 is 0 Å². The Kier molecular flexibility index (Phi) is 4.39. The highest BCUT2D eigenvalue weighted by Crippen LogP contribution is 2.20. The predicted octanol–water partition coefficient (Wildman–Crippen LogP) is 3.01. The van der Waals surface area contributed by atoms with Crippen LogP contribution in [0.1, 0.15) is 18.1 Å². The summed E-state index contributed by atoms with van der Waals surface area (Å²) in [5.74, 6) is 0.725. The van der Waals surface area contributed by atoms with Crippen molar-refractivity contribution in [1.82, 2.24) is 0 Å². The number of ether oxygens (including phenoxy) is 1. The highest BCUT2D eigenvalue weighted by molar-refractivity contribution is 5.32. The van der Waals surface area contributed by atoms with E-state index in [0.29, 0.717) is 0 Å². The Labute approximate surface area is 119 Å². The van der Waals surface area contributed by atoms with E-state index in [1.54, 1.807) is 0 Å². The minimum absolute atomic E-state index is 0.124. The second-order valence-corrected chi connectivity index (χ2v) is 4.74. The van der Waals surface area contributed by atoms with Gasteiger partial charge < -0.3 is 10.5 Å². The molecule has 102 valence electrons. The van der Waals surface area contributed by atoms with E-state index in [0.717, 1.165) is 17.7 Å². The largest absolute Gasteiger partial charge is 0.490 e. The van der Waals surface area contributed by atoms with E-state index in [2.05, 4.69) is 13.0 Å². The first-order valence-corrected chi connectivity index (χ1v) is 6.65. The molecule has 0 saturated carbocycles. The molecule has 0 bridgehead atoms. The van der Waals surface area contributed by atoms with Gasteiger partial charge in [0.05, 0.1) is 6.07 Å². The van der Waals surface area contributed by atoms with Crippen LogP contribution in [-0.4, -0.2) is 6.61 Å². The predicted molar refractivity (Wildman–Crippen MR) is 79.2 cm³/mol. The maximum Gasteiger partial charge on any atom is 0.164 e. The summed E-state index contributed by atoms with van der Waals surface area (Å²) in [5.41, 5.74) is 7.01.